The number of hydrogen-bond donors (Lipinski definition) is 0. The third-order valence-corrected chi connectivity index (χ3v) is 17.8. The minimum Gasteiger partial charge on any atom is -0.493 e. The topological polar surface area (TPSA) is 148 Å². The molecule has 2 aliphatic carbocycles. The van der Waals surface area contributed by atoms with Gasteiger partial charge in [0.1, 0.15) is 24.2 Å². The van der Waals surface area contributed by atoms with Gasteiger partial charge in [-0.05, 0) is 134 Å². The van der Waals surface area contributed by atoms with Gasteiger partial charge in [-0.2, -0.15) is 0 Å². The predicted molar refractivity (Wildman–Crippen MR) is 343 cm³/mol. The fraction of sp³-hybridized carbons (Fsp3) is 0.371. The number of carbonyl (C=O) groups excluding carboxylic acids is 2. The zero-order valence-corrected chi connectivity index (χ0v) is 51.6. The van der Waals surface area contributed by atoms with Crippen LogP contribution in [0.25, 0.3) is 21.8 Å². The van der Waals surface area contributed by atoms with E-state index in [9.17, 15) is 9.59 Å². The zero-order valence-electron chi connectivity index (χ0n) is 50.0. The van der Waals surface area contributed by atoms with Crippen LogP contribution in [0.4, 0.5) is 8.78 Å². The summed E-state index contributed by atoms with van der Waals surface area (Å²) in [6, 6.07) is 35.7. The first-order valence-electron chi connectivity index (χ1n) is 30.0. The van der Waals surface area contributed by atoms with Crippen molar-refractivity contribution in [3.63, 3.8) is 0 Å². The van der Waals surface area contributed by atoms with Crippen molar-refractivity contribution < 1.29 is 46.8 Å². The summed E-state index contributed by atoms with van der Waals surface area (Å²) in [6.07, 6.45) is 9.17. The monoisotopic (exact) mass is 1230 g/mol. The number of hydrogen-bond acceptors (Lipinski definition) is 16. The van der Waals surface area contributed by atoms with Crippen LogP contribution in [0, 0.1) is 47.1 Å². The SMILES string of the molecule is COc1cc2c(Oc3ccc(CC(=S)CC(=O)Cc4ccccc4)cc3F)ncnc2cc1OCC1CC2CN(C)CC2C1.COc1cc2c(Oc3ccc(CC(=S)CC(=O)Cc4ccccc4)cc3F)ncnc2cc1OCC1CC2CN(C)CC2C1. The maximum Gasteiger partial charge on any atom is 0.230 e. The highest BCUT2D eigenvalue weighted by atomic mass is 32.1. The van der Waals surface area contributed by atoms with Crippen LogP contribution >= 0.6 is 24.4 Å². The van der Waals surface area contributed by atoms with E-state index in [4.69, 9.17) is 52.9 Å². The summed E-state index contributed by atoms with van der Waals surface area (Å²) in [7, 11) is 7.57. The van der Waals surface area contributed by atoms with Crippen molar-refractivity contribution in [3.05, 3.63) is 168 Å². The van der Waals surface area contributed by atoms with E-state index in [1.165, 1.54) is 76.6 Å². The molecule has 88 heavy (non-hydrogen) atoms. The van der Waals surface area contributed by atoms with Crippen molar-refractivity contribution in [2.75, 3.05) is 67.7 Å². The smallest absolute Gasteiger partial charge is 0.230 e. The Balaban J connectivity index is 0.000000182. The Morgan fingerprint density at radius 1 is 0.477 bits per heavy atom. The number of nitrogens with zero attached hydrogens (tertiary/aromatic N) is 6. The fourth-order valence-corrected chi connectivity index (χ4v) is 13.9. The average Bonchev–Trinajstić information content (AvgIpc) is 4.12. The molecule has 456 valence electrons. The first kappa shape index (κ1) is 61.7. The zero-order chi connectivity index (χ0) is 61.3. The van der Waals surface area contributed by atoms with Gasteiger partial charge in [0.25, 0.3) is 0 Å². The van der Waals surface area contributed by atoms with Crippen molar-refractivity contribution >= 4 is 67.5 Å². The Kier molecular flexibility index (Phi) is 20.0. The predicted octanol–water partition coefficient (Wildman–Crippen LogP) is 13.3. The third kappa shape index (κ3) is 15.7. The van der Waals surface area contributed by atoms with E-state index in [-0.39, 0.29) is 47.7 Å². The first-order chi connectivity index (χ1) is 42.7. The van der Waals surface area contributed by atoms with Crippen LogP contribution in [0.3, 0.4) is 0 Å². The number of ether oxygens (including phenoxy) is 6. The summed E-state index contributed by atoms with van der Waals surface area (Å²) in [4.78, 5) is 48.2. The van der Waals surface area contributed by atoms with Gasteiger partial charge in [-0.1, -0.05) is 97.2 Å². The highest BCUT2D eigenvalue weighted by Gasteiger charge is 2.41. The highest BCUT2D eigenvalue weighted by molar-refractivity contribution is 7.80. The van der Waals surface area contributed by atoms with Crippen LogP contribution in [0.5, 0.6) is 46.3 Å². The molecular formula is C70H72F2N6O8S2. The Labute approximate surface area is 522 Å². The molecule has 2 aromatic heterocycles. The van der Waals surface area contributed by atoms with E-state index in [0.29, 0.717) is 116 Å². The van der Waals surface area contributed by atoms with E-state index >= 15 is 8.78 Å². The molecule has 0 radical (unpaired) electrons. The highest BCUT2D eigenvalue weighted by Crippen LogP contribution is 2.45. The molecule has 4 heterocycles. The summed E-state index contributed by atoms with van der Waals surface area (Å²) < 4.78 is 66.0. The van der Waals surface area contributed by atoms with Gasteiger partial charge in [0.2, 0.25) is 11.8 Å². The van der Waals surface area contributed by atoms with E-state index < -0.39 is 11.6 Å². The number of aromatic nitrogens is 4. The van der Waals surface area contributed by atoms with Crippen molar-refractivity contribution in [2.24, 2.45) is 35.5 Å². The number of likely N-dealkylation sites (tertiary alicyclic amines) is 2. The number of ketones is 2. The summed E-state index contributed by atoms with van der Waals surface area (Å²) in [5.74, 6) is 5.87. The summed E-state index contributed by atoms with van der Waals surface area (Å²) >= 11 is 10.9. The van der Waals surface area contributed by atoms with Crippen LogP contribution in [-0.4, -0.2) is 119 Å². The van der Waals surface area contributed by atoms with Gasteiger partial charge in [-0.3, -0.25) is 9.59 Å². The number of Topliss-reactive ketones (excluding diaryl/α,β-unsaturated/α-hetero) is 2. The number of fused-ring (bicyclic) bond motifs is 4. The lowest BCUT2D eigenvalue weighted by atomic mass is 10.0. The van der Waals surface area contributed by atoms with Gasteiger partial charge < -0.3 is 38.2 Å². The second kappa shape index (κ2) is 28.5. The molecule has 0 bridgehead atoms. The lowest BCUT2D eigenvalue weighted by Crippen LogP contribution is -2.18. The first-order valence-corrected chi connectivity index (χ1v) is 30.9. The third-order valence-electron chi connectivity index (χ3n) is 17.3. The summed E-state index contributed by atoms with van der Waals surface area (Å²) in [5.41, 5.74) is 4.45. The minimum absolute atomic E-state index is 0.0246. The van der Waals surface area contributed by atoms with Crippen molar-refractivity contribution in [1.29, 1.82) is 0 Å². The minimum atomic E-state index is -0.549. The quantitative estimate of drug-likeness (QED) is 0.0528. The number of methoxy groups -OCH3 is 2. The lowest BCUT2D eigenvalue weighted by molar-refractivity contribution is -0.118. The number of rotatable bonds is 24. The maximum atomic E-state index is 15.2. The molecule has 4 atom stereocenters. The summed E-state index contributed by atoms with van der Waals surface area (Å²) in [5, 5.41) is 1.16. The van der Waals surface area contributed by atoms with Gasteiger partial charge in [-0.25, -0.2) is 28.7 Å². The average molecular weight is 1230 g/mol. The van der Waals surface area contributed by atoms with Crippen LogP contribution < -0.4 is 28.4 Å². The van der Waals surface area contributed by atoms with Crippen LogP contribution in [0.15, 0.2) is 134 Å². The standard InChI is InChI=1S/2C35H36FN3O4S/c2*1-39-18-25-10-24(11-26(25)19-39)20-42-34-17-31-29(16-33(34)41-2)35(38-21-37-31)43-32-9-8-23(14-30(32)36)13-28(44)15-27(40)12-22-6-4-3-5-7-22/h2*3-9,14,16-17,21,24-26H,10-13,15,18-20H2,1-2H3. The normalized spacial score (nSPS) is 19.6. The molecule has 8 aromatic rings. The molecule has 4 fully saturated rings. The molecule has 0 N–H and O–H groups in total. The molecule has 4 unspecified atom stereocenters. The Hall–Kier alpha value is -7.90. The number of benzene rings is 6. The van der Waals surface area contributed by atoms with Crippen molar-refractivity contribution in [2.45, 2.75) is 64.2 Å². The largest absolute Gasteiger partial charge is 0.493 e. The second-order valence-electron chi connectivity index (χ2n) is 24.1. The second-order valence-corrected chi connectivity index (χ2v) is 25.3. The van der Waals surface area contributed by atoms with Crippen molar-refractivity contribution in [3.8, 4) is 46.3 Å². The van der Waals surface area contributed by atoms with E-state index in [0.717, 1.165) is 34.8 Å². The Morgan fingerprint density at radius 2 is 0.864 bits per heavy atom. The van der Waals surface area contributed by atoms with Gasteiger partial charge in [-0.15, -0.1) is 0 Å². The Morgan fingerprint density at radius 3 is 1.23 bits per heavy atom. The molecule has 4 aliphatic rings. The molecule has 14 nitrogen and oxygen atoms in total. The van der Waals surface area contributed by atoms with Crippen LogP contribution in [-0.2, 0) is 35.3 Å². The van der Waals surface area contributed by atoms with E-state index in [1.54, 1.807) is 50.6 Å². The van der Waals surface area contributed by atoms with Crippen LogP contribution in [0.1, 0.15) is 60.8 Å². The van der Waals surface area contributed by atoms with Gasteiger partial charge >= 0.3 is 0 Å². The van der Waals surface area contributed by atoms with Gasteiger partial charge in [0.15, 0.2) is 46.1 Å². The van der Waals surface area contributed by atoms with Gasteiger partial charge in [0.05, 0.1) is 49.2 Å². The number of carbonyl (C=O) groups is 2. The number of halogens is 2. The molecule has 18 heteroatoms. The molecule has 2 saturated carbocycles. The molecule has 2 saturated heterocycles. The maximum absolute atomic E-state index is 15.2. The molecule has 2 aliphatic heterocycles. The molecule has 6 aromatic carbocycles. The molecular weight excluding hydrogens is 1150 g/mol. The number of thiocarbonyl (C=S) groups is 2. The summed E-state index contributed by atoms with van der Waals surface area (Å²) in [6.45, 7) is 5.96. The fourth-order valence-electron chi connectivity index (χ4n) is 13.3. The Bertz CT molecular complexity index is 3550. The molecule has 0 amide bonds. The molecule has 0 spiro atoms. The molecule has 12 rings (SSSR count). The van der Waals surface area contributed by atoms with E-state index in [1.807, 2.05) is 72.8 Å². The van der Waals surface area contributed by atoms with Crippen LogP contribution in [0.2, 0.25) is 0 Å². The van der Waals surface area contributed by atoms with E-state index in [2.05, 4.69) is 43.8 Å². The van der Waals surface area contributed by atoms with Crippen molar-refractivity contribution in [1.82, 2.24) is 29.7 Å². The lowest BCUT2D eigenvalue weighted by Gasteiger charge is -2.17. The van der Waals surface area contributed by atoms with Gasteiger partial charge in [0, 0.05) is 86.6 Å².